The molecule has 0 atom stereocenters. The predicted octanol–water partition coefficient (Wildman–Crippen LogP) is 3.16. The number of phenols is 1. The number of hydrogen-bond acceptors (Lipinski definition) is 4. The molecule has 2 rings (SSSR count). The third kappa shape index (κ3) is 4.27. The lowest BCUT2D eigenvalue weighted by atomic mass is 10.1. The highest BCUT2D eigenvalue weighted by Crippen LogP contribution is 2.27. The summed E-state index contributed by atoms with van der Waals surface area (Å²) in [5, 5.41) is 21.7. The van der Waals surface area contributed by atoms with Crippen molar-refractivity contribution in [2.24, 2.45) is 0 Å². The number of ether oxygens (including phenoxy) is 1. The second-order valence-corrected chi connectivity index (χ2v) is 5.20. The van der Waals surface area contributed by atoms with E-state index in [1.807, 2.05) is 0 Å². The lowest BCUT2D eigenvalue weighted by Gasteiger charge is -2.07. The lowest BCUT2D eigenvalue weighted by Crippen LogP contribution is -2.20. The second-order valence-electron chi connectivity index (χ2n) is 4.76. The molecule has 0 fully saturated rings. The predicted molar refractivity (Wildman–Crippen MR) is 90.4 cm³/mol. The summed E-state index contributed by atoms with van der Waals surface area (Å²) in [6.07, 6.45) is 1.18. The van der Waals surface area contributed by atoms with Gasteiger partial charge in [0.25, 0.3) is 5.91 Å². The van der Waals surface area contributed by atoms with E-state index in [-0.39, 0.29) is 11.5 Å². The number of phenolic OH excluding ortho intramolecular Hbond substituents is 1. The van der Waals surface area contributed by atoms with Crippen molar-refractivity contribution in [1.82, 2.24) is 0 Å². The van der Waals surface area contributed by atoms with Crippen molar-refractivity contribution in [3.63, 3.8) is 0 Å². The molecule has 7 heteroatoms. The van der Waals surface area contributed by atoms with E-state index in [1.165, 1.54) is 37.5 Å². The van der Waals surface area contributed by atoms with Gasteiger partial charge in [-0.05, 0) is 42.0 Å². The van der Waals surface area contributed by atoms with Crippen LogP contribution in [0.3, 0.4) is 0 Å². The van der Waals surface area contributed by atoms with E-state index in [0.717, 1.165) is 0 Å². The van der Waals surface area contributed by atoms with Crippen molar-refractivity contribution in [3.8, 4) is 11.5 Å². The van der Waals surface area contributed by atoms with Crippen molar-refractivity contribution in [2.45, 2.75) is 0 Å². The Morgan fingerprint density at radius 2 is 1.96 bits per heavy atom. The second kappa shape index (κ2) is 7.52. The van der Waals surface area contributed by atoms with E-state index in [0.29, 0.717) is 16.3 Å². The minimum absolute atomic E-state index is 0.0881. The van der Waals surface area contributed by atoms with E-state index in [4.69, 9.17) is 16.3 Å². The molecule has 2 aromatic rings. The molecule has 2 aromatic carbocycles. The monoisotopic (exact) mass is 347 g/mol. The topological polar surface area (TPSA) is 95.9 Å². The summed E-state index contributed by atoms with van der Waals surface area (Å²) in [6, 6.07) is 10.6. The Balaban J connectivity index is 2.31. The normalized spacial score (nSPS) is 11.0. The number of carboxylic acids is 1. The maximum absolute atomic E-state index is 12.2. The number of carbonyl (C=O) groups excluding carboxylic acids is 1. The molecule has 0 aliphatic carbocycles. The molecule has 0 saturated carbocycles. The first-order valence-electron chi connectivity index (χ1n) is 6.79. The zero-order valence-electron chi connectivity index (χ0n) is 12.6. The van der Waals surface area contributed by atoms with Crippen LogP contribution in [-0.2, 0) is 9.59 Å². The van der Waals surface area contributed by atoms with Crippen molar-refractivity contribution >= 4 is 35.2 Å². The lowest BCUT2D eigenvalue weighted by molar-refractivity contribution is -0.134. The molecule has 24 heavy (non-hydrogen) atoms. The summed E-state index contributed by atoms with van der Waals surface area (Å²) in [5.41, 5.74) is 0.300. The average molecular weight is 348 g/mol. The van der Waals surface area contributed by atoms with Crippen molar-refractivity contribution in [3.05, 3.63) is 58.6 Å². The van der Waals surface area contributed by atoms with Crippen LogP contribution in [0, 0.1) is 0 Å². The van der Waals surface area contributed by atoms with Crippen molar-refractivity contribution in [1.29, 1.82) is 0 Å². The number of anilines is 1. The number of nitrogens with one attached hydrogen (secondary N) is 1. The zero-order valence-corrected chi connectivity index (χ0v) is 13.4. The zero-order chi connectivity index (χ0) is 17.7. The van der Waals surface area contributed by atoms with Crippen LogP contribution in [0.15, 0.2) is 48.0 Å². The standard InChI is InChI=1S/C17H14ClNO5/c1-24-15-8-10(5-6-14(15)20)7-13(17(22)23)16(21)19-12-4-2-3-11(18)9-12/h2-9,20H,1H3,(H,19,21)(H,22,23). The minimum atomic E-state index is -1.39. The van der Waals surface area contributed by atoms with Crippen LogP contribution in [0.1, 0.15) is 5.56 Å². The Morgan fingerprint density at radius 1 is 1.21 bits per heavy atom. The molecule has 1 amide bonds. The maximum Gasteiger partial charge on any atom is 0.341 e. The minimum Gasteiger partial charge on any atom is -0.504 e. The maximum atomic E-state index is 12.2. The number of methoxy groups -OCH3 is 1. The van der Waals surface area contributed by atoms with Crippen LogP contribution in [0.5, 0.6) is 11.5 Å². The van der Waals surface area contributed by atoms with Gasteiger partial charge in [-0.3, -0.25) is 4.79 Å². The van der Waals surface area contributed by atoms with Crippen LogP contribution in [0.4, 0.5) is 5.69 Å². The van der Waals surface area contributed by atoms with E-state index >= 15 is 0 Å². The van der Waals surface area contributed by atoms with Gasteiger partial charge >= 0.3 is 5.97 Å². The molecule has 0 aliphatic rings. The highest BCUT2D eigenvalue weighted by Gasteiger charge is 2.18. The SMILES string of the molecule is COc1cc(C=C(C(=O)O)C(=O)Nc2cccc(Cl)c2)ccc1O. The Kier molecular flexibility index (Phi) is 5.44. The van der Waals surface area contributed by atoms with Crippen LogP contribution in [0.25, 0.3) is 6.08 Å². The molecule has 0 aliphatic heterocycles. The number of halogens is 1. The van der Waals surface area contributed by atoms with Crippen LogP contribution < -0.4 is 10.1 Å². The molecule has 0 spiro atoms. The van der Waals surface area contributed by atoms with Gasteiger partial charge in [-0.1, -0.05) is 23.7 Å². The Morgan fingerprint density at radius 3 is 2.58 bits per heavy atom. The molecule has 0 unspecified atom stereocenters. The highest BCUT2D eigenvalue weighted by atomic mass is 35.5. The van der Waals surface area contributed by atoms with Gasteiger partial charge in [-0.25, -0.2) is 4.79 Å². The number of aromatic hydroxyl groups is 1. The summed E-state index contributed by atoms with van der Waals surface area (Å²) in [6.45, 7) is 0. The first kappa shape index (κ1) is 17.4. The van der Waals surface area contributed by atoms with Crippen LogP contribution >= 0.6 is 11.6 Å². The van der Waals surface area contributed by atoms with Gasteiger partial charge in [-0.2, -0.15) is 0 Å². The summed E-state index contributed by atoms with van der Waals surface area (Å²) in [7, 11) is 1.37. The number of amides is 1. The van der Waals surface area contributed by atoms with Crippen molar-refractivity contribution in [2.75, 3.05) is 12.4 Å². The first-order chi connectivity index (χ1) is 11.4. The fourth-order valence-corrected chi connectivity index (χ4v) is 2.13. The van der Waals surface area contributed by atoms with E-state index in [1.54, 1.807) is 18.2 Å². The molecule has 0 bridgehead atoms. The largest absolute Gasteiger partial charge is 0.504 e. The van der Waals surface area contributed by atoms with Crippen LogP contribution in [0.2, 0.25) is 5.02 Å². The molecule has 0 heterocycles. The van der Waals surface area contributed by atoms with Crippen molar-refractivity contribution < 1.29 is 24.5 Å². The number of hydrogen-bond donors (Lipinski definition) is 3. The molecule has 6 nitrogen and oxygen atoms in total. The molecule has 3 N–H and O–H groups in total. The van der Waals surface area contributed by atoms with E-state index in [2.05, 4.69) is 5.32 Å². The molecular formula is C17H14ClNO5. The third-order valence-corrected chi connectivity index (χ3v) is 3.31. The number of carbonyl (C=O) groups is 2. The van der Waals surface area contributed by atoms with Gasteiger partial charge < -0.3 is 20.3 Å². The molecule has 0 saturated heterocycles. The molecule has 0 aromatic heterocycles. The quantitative estimate of drug-likeness (QED) is 0.438. The number of rotatable bonds is 5. The highest BCUT2D eigenvalue weighted by molar-refractivity contribution is 6.31. The fraction of sp³-hybridized carbons (Fsp3) is 0.0588. The summed E-state index contributed by atoms with van der Waals surface area (Å²) in [5.74, 6) is -2.10. The van der Waals surface area contributed by atoms with E-state index < -0.39 is 17.4 Å². The smallest absolute Gasteiger partial charge is 0.341 e. The number of carboxylic acid groups (broad SMARTS) is 1. The van der Waals surface area contributed by atoms with Gasteiger partial charge in [0.2, 0.25) is 0 Å². The molecular weight excluding hydrogens is 334 g/mol. The van der Waals surface area contributed by atoms with Gasteiger partial charge in [-0.15, -0.1) is 0 Å². The number of aliphatic carboxylic acids is 1. The van der Waals surface area contributed by atoms with Crippen LogP contribution in [-0.4, -0.2) is 29.2 Å². The van der Waals surface area contributed by atoms with E-state index in [9.17, 15) is 19.8 Å². The summed E-state index contributed by atoms with van der Waals surface area (Å²) < 4.78 is 4.96. The Bertz CT molecular complexity index is 816. The van der Waals surface area contributed by atoms with Gasteiger partial charge in [0.05, 0.1) is 7.11 Å². The number of benzene rings is 2. The van der Waals surface area contributed by atoms with Gasteiger partial charge in [0, 0.05) is 10.7 Å². The Labute approximate surface area is 143 Å². The first-order valence-corrected chi connectivity index (χ1v) is 7.17. The Hall–Kier alpha value is -2.99. The molecule has 0 radical (unpaired) electrons. The average Bonchev–Trinajstić information content (AvgIpc) is 2.53. The fourth-order valence-electron chi connectivity index (χ4n) is 1.94. The summed E-state index contributed by atoms with van der Waals surface area (Å²) >= 11 is 5.83. The molecule has 124 valence electrons. The van der Waals surface area contributed by atoms with Gasteiger partial charge in [0.15, 0.2) is 11.5 Å². The third-order valence-electron chi connectivity index (χ3n) is 3.07. The van der Waals surface area contributed by atoms with Gasteiger partial charge in [0.1, 0.15) is 5.57 Å². The summed E-state index contributed by atoms with van der Waals surface area (Å²) in [4.78, 5) is 23.6.